The van der Waals surface area contributed by atoms with Crippen LogP contribution in [0.4, 0.5) is 5.69 Å². The van der Waals surface area contributed by atoms with Gasteiger partial charge in [-0.15, -0.1) is 0 Å². The van der Waals surface area contributed by atoms with Crippen molar-refractivity contribution in [2.75, 3.05) is 24.7 Å². The Morgan fingerprint density at radius 1 is 1.16 bits per heavy atom. The Morgan fingerprint density at radius 3 is 1.84 bits per heavy atom. The molecule has 4 nitrogen and oxygen atoms in total. The van der Waals surface area contributed by atoms with Crippen LogP contribution < -0.4 is 5.32 Å². The fourth-order valence-corrected chi connectivity index (χ4v) is 0.872. The van der Waals surface area contributed by atoms with Crippen LogP contribution in [0.3, 0.4) is 0 Å². The number of hydrogen-bond acceptors (Lipinski definition) is 4. The van der Waals surface area contributed by atoms with E-state index in [4.69, 9.17) is 13.9 Å². The van der Waals surface area contributed by atoms with Gasteiger partial charge >= 0.3 is 0 Å². The van der Waals surface area contributed by atoms with Crippen molar-refractivity contribution in [2.45, 2.75) is 34.6 Å². The fourth-order valence-electron chi connectivity index (χ4n) is 0.872. The molecule has 0 aliphatic rings. The third-order valence-electron chi connectivity index (χ3n) is 1.49. The Hall–Kier alpha value is -0.910. The zero-order valence-electron chi connectivity index (χ0n) is 12.9. The Balaban J connectivity index is -0.000000271. The van der Waals surface area contributed by atoms with Gasteiger partial charge in [0.15, 0.2) is 0 Å². The third kappa shape index (κ3) is 22.7. The molecular weight excluding hydrogens is 262 g/mol. The van der Waals surface area contributed by atoms with E-state index >= 15 is 0 Å². The molecule has 0 saturated heterocycles. The van der Waals surface area contributed by atoms with Gasteiger partial charge in [0.2, 0.25) is 0 Å². The lowest BCUT2D eigenvalue weighted by Gasteiger charge is -2.03. The van der Waals surface area contributed by atoms with Crippen LogP contribution in [0.15, 0.2) is 24.3 Å². The molecule has 0 aliphatic heterocycles. The van der Waals surface area contributed by atoms with Gasteiger partial charge in [0.05, 0.1) is 6.61 Å². The monoisotopic (exact) mass is 290 g/mol. The first-order valence-electron chi connectivity index (χ1n) is 6.48. The van der Waals surface area contributed by atoms with E-state index in [1.54, 1.807) is 0 Å². The molecule has 1 rings (SSSR count). The minimum atomic E-state index is -1.86. The second kappa shape index (κ2) is 19.4. The number of anilines is 1. The maximum Gasteiger partial charge on any atom is 0.0604 e. The highest BCUT2D eigenvalue weighted by Gasteiger charge is 1.88. The molecule has 0 aromatic heterocycles. The molecule has 0 aliphatic carbocycles. The first kappa shape index (κ1) is 23.2. The smallest absolute Gasteiger partial charge is 0.0604 e. The molecule has 1 aromatic rings. The SMILES string of the molecule is CC.CC.CS(=O)[O-].Cc1ccc(NCCO)cc1. The van der Waals surface area contributed by atoms with Crippen LogP contribution >= 0.6 is 0 Å². The first-order valence-corrected chi connectivity index (χ1v) is 7.97. The molecule has 0 radical (unpaired) electrons. The molecule has 0 fully saturated rings. The average molecular weight is 290 g/mol. The lowest BCUT2D eigenvalue weighted by atomic mass is 10.2. The summed E-state index contributed by atoms with van der Waals surface area (Å²) in [5, 5.41) is 11.6. The highest BCUT2D eigenvalue weighted by Crippen LogP contribution is 2.07. The van der Waals surface area contributed by atoms with Crippen molar-refractivity contribution in [3.63, 3.8) is 0 Å². The van der Waals surface area contributed by atoms with E-state index < -0.39 is 11.1 Å². The van der Waals surface area contributed by atoms with Gasteiger partial charge in [0, 0.05) is 12.2 Å². The maximum absolute atomic E-state index is 9.00. The van der Waals surface area contributed by atoms with Gasteiger partial charge in [-0.1, -0.05) is 56.5 Å². The van der Waals surface area contributed by atoms with Gasteiger partial charge in [0.25, 0.3) is 0 Å². The molecule has 1 atom stereocenters. The van der Waals surface area contributed by atoms with Crippen LogP contribution in [0.25, 0.3) is 0 Å². The maximum atomic E-state index is 9.00. The van der Waals surface area contributed by atoms with Crippen molar-refractivity contribution in [3.05, 3.63) is 29.8 Å². The highest BCUT2D eigenvalue weighted by atomic mass is 32.2. The molecule has 2 N–H and O–H groups in total. The summed E-state index contributed by atoms with van der Waals surface area (Å²) < 4.78 is 18.0. The standard InChI is InChI=1S/C9H13NO.2C2H6.CH4O2S/c1-8-2-4-9(5-3-8)10-6-7-11;2*1-2;1-4(2)3/h2-5,10-11H,6-7H2,1H3;2*1-2H3;1H3,(H,2,3)/p-1. The number of benzene rings is 1. The summed E-state index contributed by atoms with van der Waals surface area (Å²) in [5.41, 5.74) is 2.31. The predicted molar refractivity (Wildman–Crippen MR) is 84.3 cm³/mol. The van der Waals surface area contributed by atoms with Crippen molar-refractivity contribution >= 4 is 16.8 Å². The Bertz CT molecular complexity index is 285. The molecule has 0 spiro atoms. The highest BCUT2D eigenvalue weighted by molar-refractivity contribution is 7.78. The van der Waals surface area contributed by atoms with Crippen LogP contribution in [0.2, 0.25) is 0 Å². The number of aryl methyl sites for hydroxylation is 1. The second-order valence-corrected chi connectivity index (χ2v) is 3.72. The Kier molecular flexibility index (Phi) is 23.7. The van der Waals surface area contributed by atoms with E-state index in [0.717, 1.165) is 11.9 Å². The van der Waals surface area contributed by atoms with E-state index in [9.17, 15) is 0 Å². The molecule has 0 heterocycles. The molecule has 5 heteroatoms. The zero-order chi connectivity index (χ0) is 15.7. The van der Waals surface area contributed by atoms with Gasteiger partial charge in [-0.05, 0) is 25.3 Å². The van der Waals surface area contributed by atoms with Gasteiger partial charge in [-0.2, -0.15) is 0 Å². The number of aliphatic hydroxyl groups is 1. The van der Waals surface area contributed by atoms with E-state index in [-0.39, 0.29) is 6.61 Å². The van der Waals surface area contributed by atoms with Crippen molar-refractivity contribution in [2.24, 2.45) is 0 Å². The average Bonchev–Trinajstić information content (AvgIpc) is 2.42. The molecule has 19 heavy (non-hydrogen) atoms. The van der Waals surface area contributed by atoms with Crippen molar-refractivity contribution < 1.29 is 13.9 Å². The van der Waals surface area contributed by atoms with Crippen LogP contribution in [-0.2, 0) is 11.1 Å². The summed E-state index contributed by atoms with van der Waals surface area (Å²) in [6, 6.07) is 8.09. The first-order chi connectivity index (χ1) is 9.06. The molecule has 1 unspecified atom stereocenters. The molecule has 0 bridgehead atoms. The summed E-state index contributed by atoms with van der Waals surface area (Å²) in [6.07, 6.45) is 1.08. The van der Waals surface area contributed by atoms with E-state index in [1.165, 1.54) is 5.56 Å². The molecule has 1 aromatic carbocycles. The van der Waals surface area contributed by atoms with Crippen LogP contribution in [0, 0.1) is 6.92 Å². The van der Waals surface area contributed by atoms with Crippen molar-refractivity contribution in [1.29, 1.82) is 0 Å². The van der Waals surface area contributed by atoms with Crippen LogP contribution in [-0.4, -0.2) is 33.3 Å². The lowest BCUT2D eigenvalue weighted by Crippen LogP contribution is -2.04. The lowest BCUT2D eigenvalue weighted by molar-refractivity contribution is 0.311. The normalized spacial score (nSPS) is 9.47. The second-order valence-electron chi connectivity index (χ2n) is 2.92. The van der Waals surface area contributed by atoms with E-state index in [0.29, 0.717) is 6.54 Å². The van der Waals surface area contributed by atoms with E-state index in [1.807, 2.05) is 52.0 Å². The summed E-state index contributed by atoms with van der Waals surface area (Å²) in [5.74, 6) is 0. The quantitative estimate of drug-likeness (QED) is 0.840. The minimum Gasteiger partial charge on any atom is -0.773 e. The Labute approximate surface area is 120 Å². The number of rotatable bonds is 3. The van der Waals surface area contributed by atoms with E-state index in [2.05, 4.69) is 12.2 Å². The van der Waals surface area contributed by atoms with Gasteiger partial charge < -0.3 is 15.0 Å². The summed E-state index contributed by atoms with van der Waals surface area (Å²) in [4.78, 5) is 0. The molecule has 0 amide bonds. The third-order valence-corrected chi connectivity index (χ3v) is 1.49. The molecule has 0 saturated carbocycles. The summed E-state index contributed by atoms with van der Waals surface area (Å²) in [7, 11) is 0. The summed E-state index contributed by atoms with van der Waals surface area (Å²) >= 11 is -1.86. The molecular formula is C14H28NO3S-. The number of hydrogen-bond donors (Lipinski definition) is 2. The Morgan fingerprint density at radius 2 is 1.53 bits per heavy atom. The fraction of sp³-hybridized carbons (Fsp3) is 0.571. The van der Waals surface area contributed by atoms with Crippen LogP contribution in [0.1, 0.15) is 33.3 Å². The minimum absolute atomic E-state index is 0.174. The van der Waals surface area contributed by atoms with Gasteiger partial charge in [-0.25, -0.2) is 0 Å². The number of aliphatic hydroxyl groups excluding tert-OH is 1. The van der Waals surface area contributed by atoms with Gasteiger partial charge in [0.1, 0.15) is 0 Å². The van der Waals surface area contributed by atoms with Crippen LogP contribution in [0.5, 0.6) is 0 Å². The molecule has 114 valence electrons. The van der Waals surface area contributed by atoms with Crippen molar-refractivity contribution in [3.8, 4) is 0 Å². The van der Waals surface area contributed by atoms with Crippen molar-refractivity contribution in [1.82, 2.24) is 0 Å². The zero-order valence-corrected chi connectivity index (χ0v) is 13.7. The van der Waals surface area contributed by atoms with Gasteiger partial charge in [-0.3, -0.25) is 4.21 Å². The largest absolute Gasteiger partial charge is 0.773 e. The summed E-state index contributed by atoms with van der Waals surface area (Å²) in [6.45, 7) is 10.8. The predicted octanol–water partition coefficient (Wildman–Crippen LogP) is 2.95. The topological polar surface area (TPSA) is 72.4 Å². The number of nitrogens with one attached hydrogen (secondary N) is 1.